The summed E-state index contributed by atoms with van der Waals surface area (Å²) >= 11 is 1.79. The van der Waals surface area contributed by atoms with E-state index >= 15 is 0 Å². The van der Waals surface area contributed by atoms with E-state index in [0.29, 0.717) is 5.25 Å². The molecule has 1 heterocycles. The van der Waals surface area contributed by atoms with Gasteiger partial charge in [0.05, 0.1) is 5.69 Å². The maximum absolute atomic E-state index is 4.43. The van der Waals surface area contributed by atoms with Crippen molar-refractivity contribution in [3.63, 3.8) is 0 Å². The summed E-state index contributed by atoms with van der Waals surface area (Å²) in [4.78, 5) is 4.43. The van der Waals surface area contributed by atoms with E-state index in [0.717, 1.165) is 5.16 Å². The van der Waals surface area contributed by atoms with Crippen molar-refractivity contribution in [3.05, 3.63) is 41.7 Å². The van der Waals surface area contributed by atoms with E-state index in [1.54, 1.807) is 11.8 Å². The Morgan fingerprint density at radius 3 is 2.71 bits per heavy atom. The number of hydrogen-bond donors (Lipinski definition) is 0. The molecule has 2 nitrogen and oxygen atoms in total. The lowest BCUT2D eigenvalue weighted by Crippen LogP contribution is -2.01. The first-order valence-corrected chi connectivity index (χ1v) is 6.74. The zero-order valence-electron chi connectivity index (χ0n) is 10.8. The number of imidazole rings is 1. The first-order valence-electron chi connectivity index (χ1n) is 5.86. The molecule has 0 saturated heterocycles. The molecule has 0 unspecified atom stereocenters. The van der Waals surface area contributed by atoms with Gasteiger partial charge in [0, 0.05) is 17.6 Å². The SMILES string of the molecule is Cc1cccc(-n2ccnc2SC(C)C)c1C. The average molecular weight is 246 g/mol. The molecule has 0 aliphatic carbocycles. The van der Waals surface area contributed by atoms with Crippen LogP contribution in [0.5, 0.6) is 0 Å². The molecule has 0 atom stereocenters. The van der Waals surface area contributed by atoms with Gasteiger partial charge < -0.3 is 0 Å². The molecule has 1 aromatic carbocycles. The van der Waals surface area contributed by atoms with Crippen LogP contribution in [-0.2, 0) is 0 Å². The topological polar surface area (TPSA) is 17.8 Å². The lowest BCUT2D eigenvalue weighted by molar-refractivity contribution is 0.879. The number of thioether (sulfide) groups is 1. The minimum Gasteiger partial charge on any atom is -0.295 e. The van der Waals surface area contributed by atoms with Gasteiger partial charge in [-0.15, -0.1) is 0 Å². The second-order valence-corrected chi connectivity index (χ2v) is 6.01. The maximum atomic E-state index is 4.43. The van der Waals surface area contributed by atoms with Crippen molar-refractivity contribution < 1.29 is 0 Å². The van der Waals surface area contributed by atoms with E-state index in [9.17, 15) is 0 Å². The van der Waals surface area contributed by atoms with Crippen LogP contribution in [0.4, 0.5) is 0 Å². The van der Waals surface area contributed by atoms with Crippen LogP contribution in [-0.4, -0.2) is 14.8 Å². The van der Waals surface area contributed by atoms with Crippen LogP contribution in [0.15, 0.2) is 35.7 Å². The molecule has 0 aliphatic heterocycles. The van der Waals surface area contributed by atoms with Gasteiger partial charge in [-0.1, -0.05) is 37.7 Å². The highest BCUT2D eigenvalue weighted by Crippen LogP contribution is 2.26. The Labute approximate surface area is 107 Å². The van der Waals surface area contributed by atoms with Crippen molar-refractivity contribution in [2.24, 2.45) is 0 Å². The Morgan fingerprint density at radius 1 is 1.24 bits per heavy atom. The largest absolute Gasteiger partial charge is 0.295 e. The Morgan fingerprint density at radius 2 is 2.00 bits per heavy atom. The van der Waals surface area contributed by atoms with Gasteiger partial charge in [-0.05, 0) is 31.0 Å². The van der Waals surface area contributed by atoms with Crippen molar-refractivity contribution in [2.45, 2.75) is 38.1 Å². The summed E-state index contributed by atoms with van der Waals surface area (Å²) in [5.74, 6) is 0. The third-order valence-electron chi connectivity index (χ3n) is 2.78. The first-order chi connectivity index (χ1) is 8.09. The van der Waals surface area contributed by atoms with Gasteiger partial charge in [0.15, 0.2) is 5.16 Å². The van der Waals surface area contributed by atoms with Crippen molar-refractivity contribution in [1.82, 2.24) is 9.55 Å². The molecule has 0 N–H and O–H groups in total. The van der Waals surface area contributed by atoms with Crippen molar-refractivity contribution >= 4 is 11.8 Å². The molecule has 0 aliphatic rings. The molecular weight excluding hydrogens is 228 g/mol. The van der Waals surface area contributed by atoms with Crippen LogP contribution in [0, 0.1) is 13.8 Å². The van der Waals surface area contributed by atoms with E-state index < -0.39 is 0 Å². The Hall–Kier alpha value is -1.22. The fraction of sp³-hybridized carbons (Fsp3) is 0.357. The van der Waals surface area contributed by atoms with Crippen molar-refractivity contribution in [1.29, 1.82) is 0 Å². The Balaban J connectivity index is 2.46. The molecule has 0 amide bonds. The van der Waals surface area contributed by atoms with E-state index in [4.69, 9.17) is 0 Å². The van der Waals surface area contributed by atoms with E-state index in [2.05, 4.69) is 55.4 Å². The number of nitrogens with zero attached hydrogens (tertiary/aromatic N) is 2. The predicted molar refractivity (Wildman–Crippen MR) is 74.0 cm³/mol. The number of rotatable bonds is 3. The molecule has 2 rings (SSSR count). The normalized spacial score (nSPS) is 11.1. The summed E-state index contributed by atoms with van der Waals surface area (Å²) < 4.78 is 2.17. The number of aromatic nitrogens is 2. The molecule has 17 heavy (non-hydrogen) atoms. The van der Waals surface area contributed by atoms with Crippen molar-refractivity contribution in [3.8, 4) is 5.69 Å². The lowest BCUT2D eigenvalue weighted by atomic mass is 10.1. The molecule has 0 fully saturated rings. The summed E-state index contributed by atoms with van der Waals surface area (Å²) in [6.45, 7) is 8.68. The summed E-state index contributed by atoms with van der Waals surface area (Å²) in [6.07, 6.45) is 3.90. The second kappa shape index (κ2) is 4.96. The quantitative estimate of drug-likeness (QED) is 0.762. The van der Waals surface area contributed by atoms with Crippen LogP contribution in [0.3, 0.4) is 0 Å². The molecule has 0 saturated carbocycles. The third kappa shape index (κ3) is 2.55. The van der Waals surface area contributed by atoms with Crippen LogP contribution in [0.25, 0.3) is 5.69 Å². The fourth-order valence-electron chi connectivity index (χ4n) is 1.77. The zero-order chi connectivity index (χ0) is 12.4. The van der Waals surface area contributed by atoms with Gasteiger partial charge in [-0.2, -0.15) is 0 Å². The number of hydrogen-bond acceptors (Lipinski definition) is 2. The fourth-order valence-corrected chi connectivity index (χ4v) is 2.58. The molecule has 3 heteroatoms. The summed E-state index contributed by atoms with van der Waals surface area (Å²) in [5.41, 5.74) is 3.86. The second-order valence-electron chi connectivity index (χ2n) is 4.47. The third-order valence-corrected chi connectivity index (χ3v) is 3.77. The van der Waals surface area contributed by atoms with Gasteiger partial charge in [0.2, 0.25) is 0 Å². The molecule has 2 aromatic rings. The number of benzene rings is 1. The van der Waals surface area contributed by atoms with Crippen LogP contribution < -0.4 is 0 Å². The van der Waals surface area contributed by atoms with Gasteiger partial charge >= 0.3 is 0 Å². The van der Waals surface area contributed by atoms with E-state index in [1.165, 1.54) is 16.8 Å². The highest BCUT2D eigenvalue weighted by molar-refractivity contribution is 7.99. The monoisotopic (exact) mass is 246 g/mol. The van der Waals surface area contributed by atoms with Crippen LogP contribution in [0.1, 0.15) is 25.0 Å². The zero-order valence-corrected chi connectivity index (χ0v) is 11.6. The average Bonchev–Trinajstić information content (AvgIpc) is 2.69. The molecular formula is C14H18N2S. The Kier molecular flexibility index (Phi) is 3.57. The Bertz CT molecular complexity index is 515. The van der Waals surface area contributed by atoms with Crippen molar-refractivity contribution in [2.75, 3.05) is 0 Å². The smallest absolute Gasteiger partial charge is 0.172 e. The van der Waals surface area contributed by atoms with E-state index in [-0.39, 0.29) is 0 Å². The van der Waals surface area contributed by atoms with Crippen LogP contribution in [0.2, 0.25) is 0 Å². The summed E-state index contributed by atoms with van der Waals surface area (Å²) in [6, 6.07) is 6.39. The molecule has 0 radical (unpaired) electrons. The molecule has 0 spiro atoms. The van der Waals surface area contributed by atoms with Gasteiger partial charge in [0.25, 0.3) is 0 Å². The predicted octanol–water partition coefficient (Wildman–Crippen LogP) is 3.99. The molecule has 90 valence electrons. The molecule has 0 bridgehead atoms. The van der Waals surface area contributed by atoms with Gasteiger partial charge in [-0.25, -0.2) is 4.98 Å². The lowest BCUT2D eigenvalue weighted by Gasteiger charge is -2.13. The minimum absolute atomic E-state index is 0.543. The minimum atomic E-state index is 0.543. The molecule has 1 aromatic heterocycles. The maximum Gasteiger partial charge on any atom is 0.172 e. The highest BCUT2D eigenvalue weighted by atomic mass is 32.2. The van der Waals surface area contributed by atoms with Gasteiger partial charge in [0.1, 0.15) is 0 Å². The van der Waals surface area contributed by atoms with E-state index in [1.807, 2.05) is 12.4 Å². The van der Waals surface area contributed by atoms with Crippen LogP contribution >= 0.6 is 11.8 Å². The number of aryl methyl sites for hydroxylation is 1. The first kappa shape index (κ1) is 12.2. The van der Waals surface area contributed by atoms with Gasteiger partial charge in [-0.3, -0.25) is 4.57 Å². The standard InChI is InChI=1S/C14H18N2S/c1-10(2)17-14-15-8-9-16(14)13-7-5-6-11(3)12(13)4/h5-10H,1-4H3. The summed E-state index contributed by atoms with van der Waals surface area (Å²) in [7, 11) is 0. The highest BCUT2D eigenvalue weighted by Gasteiger charge is 2.10. The summed E-state index contributed by atoms with van der Waals surface area (Å²) in [5, 5.41) is 1.61.